The molecule has 0 amide bonds. The third-order valence-corrected chi connectivity index (χ3v) is 5.62. The lowest BCUT2D eigenvalue weighted by molar-refractivity contribution is -0.185. The summed E-state index contributed by atoms with van der Waals surface area (Å²) < 4.78 is 59.9. The highest BCUT2D eigenvalue weighted by Crippen LogP contribution is 2.35. The van der Waals surface area contributed by atoms with Gasteiger partial charge in [-0.3, -0.25) is 0 Å². The summed E-state index contributed by atoms with van der Waals surface area (Å²) in [5.41, 5.74) is 2.69. The van der Waals surface area contributed by atoms with Crippen molar-refractivity contribution in [2.45, 2.75) is 44.1 Å². The fourth-order valence-electron chi connectivity index (χ4n) is 4.03. The molecule has 0 aliphatic heterocycles. The van der Waals surface area contributed by atoms with E-state index in [-0.39, 0.29) is 0 Å². The second-order valence-corrected chi connectivity index (χ2v) is 7.76. The maximum Gasteiger partial charge on any atom is 0.426 e. The lowest BCUT2D eigenvalue weighted by Crippen LogP contribution is -2.21. The Morgan fingerprint density at radius 1 is 0.700 bits per heavy atom. The number of alkyl halides is 2. The maximum atomic E-state index is 14.4. The van der Waals surface area contributed by atoms with Crippen LogP contribution in [0.25, 0.3) is 11.1 Å². The highest BCUT2D eigenvalue weighted by molar-refractivity contribution is 5.64. The van der Waals surface area contributed by atoms with Crippen LogP contribution in [0.4, 0.5) is 17.6 Å². The molecule has 0 N–H and O–H groups in total. The van der Waals surface area contributed by atoms with Crippen LogP contribution in [0.3, 0.4) is 0 Å². The van der Waals surface area contributed by atoms with Crippen LogP contribution in [0.15, 0.2) is 66.7 Å². The minimum Gasteiger partial charge on any atom is -0.429 e. The van der Waals surface area contributed by atoms with Crippen LogP contribution in [0.2, 0.25) is 0 Å². The molecule has 1 saturated carbocycles. The van der Waals surface area contributed by atoms with Crippen LogP contribution in [0.5, 0.6) is 5.75 Å². The van der Waals surface area contributed by atoms with E-state index >= 15 is 0 Å². The molecule has 3 aromatic rings. The molecular formula is C25H22F4O. The van der Waals surface area contributed by atoms with Crippen molar-refractivity contribution in [3.05, 3.63) is 89.5 Å². The average molecular weight is 414 g/mol. The molecule has 0 radical (unpaired) electrons. The summed E-state index contributed by atoms with van der Waals surface area (Å²) in [6.45, 7) is 0. The van der Waals surface area contributed by atoms with Gasteiger partial charge in [-0.15, -0.1) is 0 Å². The van der Waals surface area contributed by atoms with Crippen molar-refractivity contribution in [2.75, 3.05) is 0 Å². The van der Waals surface area contributed by atoms with Crippen molar-refractivity contribution < 1.29 is 22.3 Å². The zero-order valence-electron chi connectivity index (χ0n) is 16.4. The van der Waals surface area contributed by atoms with E-state index < -0.39 is 29.1 Å². The van der Waals surface area contributed by atoms with Crippen molar-refractivity contribution >= 4 is 0 Å². The van der Waals surface area contributed by atoms with Crippen LogP contribution < -0.4 is 4.74 Å². The van der Waals surface area contributed by atoms with E-state index in [0.29, 0.717) is 12.0 Å². The maximum absolute atomic E-state index is 14.4. The molecule has 1 nitrogen and oxygen atoms in total. The van der Waals surface area contributed by atoms with Gasteiger partial charge in [-0.05, 0) is 47.6 Å². The molecule has 1 fully saturated rings. The number of ether oxygens (including phenoxy) is 1. The summed E-state index contributed by atoms with van der Waals surface area (Å²) in [5, 5.41) is 0. The minimum absolute atomic E-state index is 0.394. The quantitative estimate of drug-likeness (QED) is 0.387. The van der Waals surface area contributed by atoms with Crippen molar-refractivity contribution in [1.29, 1.82) is 0 Å². The smallest absolute Gasteiger partial charge is 0.426 e. The Bertz CT molecular complexity index is 970. The predicted molar refractivity (Wildman–Crippen MR) is 109 cm³/mol. The highest BCUT2D eigenvalue weighted by atomic mass is 19.3. The summed E-state index contributed by atoms with van der Waals surface area (Å²) in [6, 6.07) is 16.0. The van der Waals surface area contributed by atoms with Gasteiger partial charge in [0.15, 0.2) is 0 Å². The standard InChI is InChI=1S/C25H22F4O/c26-22-14-23(27)16-24(15-22)30-25(28,29)21-12-10-20(11-13-21)19-8-6-18(7-9-19)17-4-2-1-3-5-17/h6-17H,1-5H2. The van der Waals surface area contributed by atoms with Gasteiger partial charge in [0.1, 0.15) is 17.4 Å². The number of hydrogen-bond donors (Lipinski definition) is 0. The fraction of sp³-hybridized carbons (Fsp3) is 0.280. The molecule has 0 unspecified atom stereocenters. The minimum atomic E-state index is -3.72. The Hall–Kier alpha value is -2.82. The first-order valence-corrected chi connectivity index (χ1v) is 10.1. The molecule has 5 heteroatoms. The second kappa shape index (κ2) is 8.50. The van der Waals surface area contributed by atoms with E-state index in [1.165, 1.54) is 49.8 Å². The summed E-state index contributed by atoms with van der Waals surface area (Å²) in [7, 11) is 0. The summed E-state index contributed by atoms with van der Waals surface area (Å²) >= 11 is 0. The monoisotopic (exact) mass is 414 g/mol. The van der Waals surface area contributed by atoms with Gasteiger partial charge in [0.25, 0.3) is 0 Å². The van der Waals surface area contributed by atoms with E-state index in [4.69, 9.17) is 0 Å². The van der Waals surface area contributed by atoms with E-state index in [9.17, 15) is 17.6 Å². The van der Waals surface area contributed by atoms with Crippen molar-refractivity contribution in [3.8, 4) is 16.9 Å². The van der Waals surface area contributed by atoms with Gasteiger partial charge in [0.2, 0.25) is 0 Å². The summed E-state index contributed by atoms with van der Waals surface area (Å²) in [6.07, 6.45) is 2.57. The SMILES string of the molecule is Fc1cc(F)cc(OC(F)(F)c2ccc(-c3ccc(C4CCCCC4)cc3)cc2)c1. The van der Waals surface area contributed by atoms with E-state index in [1.807, 2.05) is 12.1 Å². The van der Waals surface area contributed by atoms with Crippen LogP contribution in [-0.2, 0) is 6.11 Å². The molecule has 0 aromatic heterocycles. The van der Waals surface area contributed by atoms with Crippen LogP contribution in [-0.4, -0.2) is 0 Å². The van der Waals surface area contributed by atoms with Gasteiger partial charge in [-0.25, -0.2) is 8.78 Å². The Kier molecular flexibility index (Phi) is 5.80. The normalized spacial score (nSPS) is 15.2. The molecule has 4 rings (SSSR count). The second-order valence-electron chi connectivity index (χ2n) is 7.76. The first kappa shape index (κ1) is 20.5. The highest BCUT2D eigenvalue weighted by Gasteiger charge is 2.34. The molecule has 30 heavy (non-hydrogen) atoms. The van der Waals surface area contributed by atoms with E-state index in [2.05, 4.69) is 16.9 Å². The van der Waals surface area contributed by atoms with Gasteiger partial charge < -0.3 is 4.74 Å². The lowest BCUT2D eigenvalue weighted by Gasteiger charge is -2.22. The molecule has 0 spiro atoms. The molecule has 1 aliphatic carbocycles. The molecule has 1 aliphatic rings. The number of benzene rings is 3. The number of halogens is 4. The van der Waals surface area contributed by atoms with Gasteiger partial charge in [-0.1, -0.05) is 55.7 Å². The Morgan fingerprint density at radius 2 is 1.23 bits per heavy atom. The average Bonchev–Trinajstić information content (AvgIpc) is 2.73. The van der Waals surface area contributed by atoms with Crippen LogP contribution in [0.1, 0.15) is 49.1 Å². The first-order chi connectivity index (χ1) is 14.4. The van der Waals surface area contributed by atoms with Gasteiger partial charge in [-0.2, -0.15) is 8.78 Å². The van der Waals surface area contributed by atoms with Crippen molar-refractivity contribution in [3.63, 3.8) is 0 Å². The molecule has 0 bridgehead atoms. The lowest BCUT2D eigenvalue weighted by atomic mass is 9.84. The zero-order valence-corrected chi connectivity index (χ0v) is 16.4. The Labute approximate surface area is 173 Å². The van der Waals surface area contributed by atoms with Crippen molar-refractivity contribution in [2.24, 2.45) is 0 Å². The number of hydrogen-bond acceptors (Lipinski definition) is 1. The molecule has 0 heterocycles. The molecule has 0 saturated heterocycles. The topological polar surface area (TPSA) is 9.23 Å². The van der Waals surface area contributed by atoms with Crippen molar-refractivity contribution in [1.82, 2.24) is 0 Å². The van der Waals surface area contributed by atoms with E-state index in [1.54, 1.807) is 12.1 Å². The first-order valence-electron chi connectivity index (χ1n) is 10.1. The van der Waals surface area contributed by atoms with Gasteiger partial charge in [0.05, 0.1) is 5.56 Å². The predicted octanol–water partition coefficient (Wildman–Crippen LogP) is 7.81. The molecule has 0 atom stereocenters. The summed E-state index contributed by atoms with van der Waals surface area (Å²) in [5.74, 6) is -1.92. The molecule has 3 aromatic carbocycles. The molecule has 156 valence electrons. The van der Waals surface area contributed by atoms with Crippen LogP contribution in [0, 0.1) is 11.6 Å². The number of rotatable bonds is 5. The third-order valence-electron chi connectivity index (χ3n) is 5.62. The fourth-order valence-corrected chi connectivity index (χ4v) is 4.03. The zero-order chi connectivity index (χ0) is 21.1. The van der Waals surface area contributed by atoms with Crippen LogP contribution >= 0.6 is 0 Å². The van der Waals surface area contributed by atoms with E-state index in [0.717, 1.165) is 23.3 Å². The van der Waals surface area contributed by atoms with Gasteiger partial charge in [0, 0.05) is 18.2 Å². The Balaban J connectivity index is 1.49. The largest absolute Gasteiger partial charge is 0.429 e. The summed E-state index contributed by atoms with van der Waals surface area (Å²) in [4.78, 5) is 0. The molecular weight excluding hydrogens is 392 g/mol. The van der Waals surface area contributed by atoms with Gasteiger partial charge >= 0.3 is 6.11 Å². The third kappa shape index (κ3) is 4.66. The Morgan fingerprint density at radius 3 is 1.80 bits per heavy atom.